The predicted octanol–water partition coefficient (Wildman–Crippen LogP) is 2.20. The molecule has 0 aliphatic carbocycles. The highest BCUT2D eigenvalue weighted by Gasteiger charge is 2.17. The van der Waals surface area contributed by atoms with Gasteiger partial charge in [0.2, 0.25) is 0 Å². The van der Waals surface area contributed by atoms with Crippen LogP contribution in [0.5, 0.6) is 0 Å². The summed E-state index contributed by atoms with van der Waals surface area (Å²) in [5.74, 6) is -2.58. The zero-order valence-corrected chi connectivity index (χ0v) is 10.4. The third-order valence-electron chi connectivity index (χ3n) is 2.28. The molecule has 1 aromatic carbocycles. The highest BCUT2D eigenvalue weighted by Crippen LogP contribution is 2.21. The van der Waals surface area contributed by atoms with E-state index in [-0.39, 0.29) is 17.3 Å². The molecule has 0 aromatic heterocycles. The van der Waals surface area contributed by atoms with E-state index in [2.05, 4.69) is 10.1 Å². The first-order valence-electron chi connectivity index (χ1n) is 5.32. The molecule has 1 N–H and O–H groups in total. The summed E-state index contributed by atoms with van der Waals surface area (Å²) in [6, 6.07) is 1.55. The van der Waals surface area contributed by atoms with Gasteiger partial charge in [-0.1, -0.05) is 0 Å². The van der Waals surface area contributed by atoms with Crippen molar-refractivity contribution in [1.82, 2.24) is 0 Å². The predicted molar refractivity (Wildman–Crippen MR) is 62.7 cm³/mol. The Bertz CT molecular complexity index is 438. The van der Waals surface area contributed by atoms with E-state index in [1.165, 1.54) is 7.11 Å². The second-order valence-electron chi connectivity index (χ2n) is 3.80. The van der Waals surface area contributed by atoms with E-state index in [1.807, 2.05) is 0 Å². The minimum absolute atomic E-state index is 0.0290. The Morgan fingerprint density at radius 2 is 2.00 bits per heavy atom. The van der Waals surface area contributed by atoms with E-state index in [9.17, 15) is 13.6 Å². The lowest BCUT2D eigenvalue weighted by Crippen LogP contribution is -2.22. The number of halogens is 2. The average Bonchev–Trinajstić information content (AvgIpc) is 2.32. The minimum Gasteiger partial charge on any atom is -0.465 e. The minimum atomic E-state index is -0.954. The van der Waals surface area contributed by atoms with Crippen LogP contribution < -0.4 is 5.32 Å². The highest BCUT2D eigenvalue weighted by molar-refractivity contribution is 5.90. The molecule has 0 radical (unpaired) electrons. The van der Waals surface area contributed by atoms with Gasteiger partial charge in [0.25, 0.3) is 0 Å². The van der Waals surface area contributed by atoms with Crippen LogP contribution in [-0.4, -0.2) is 32.8 Å². The van der Waals surface area contributed by atoms with Crippen LogP contribution in [0.3, 0.4) is 0 Å². The molecular weight excluding hydrogens is 244 g/mol. The number of carbonyl (C=O) groups excluding carboxylic acids is 1. The van der Waals surface area contributed by atoms with Crippen LogP contribution in [0.4, 0.5) is 14.5 Å². The summed E-state index contributed by atoms with van der Waals surface area (Å²) in [6.45, 7) is 2.12. The van der Waals surface area contributed by atoms with E-state index in [4.69, 9.17) is 4.74 Å². The second kappa shape index (κ2) is 6.30. The maximum atomic E-state index is 13.5. The topological polar surface area (TPSA) is 47.6 Å². The number of ether oxygens (including phenoxy) is 2. The van der Waals surface area contributed by atoms with Crippen molar-refractivity contribution in [3.8, 4) is 0 Å². The fourth-order valence-electron chi connectivity index (χ4n) is 1.48. The fourth-order valence-corrected chi connectivity index (χ4v) is 1.48. The van der Waals surface area contributed by atoms with E-state index in [0.29, 0.717) is 12.7 Å². The van der Waals surface area contributed by atoms with E-state index < -0.39 is 17.6 Å². The Labute approximate surface area is 104 Å². The van der Waals surface area contributed by atoms with Crippen molar-refractivity contribution < 1.29 is 23.0 Å². The van der Waals surface area contributed by atoms with Gasteiger partial charge >= 0.3 is 5.97 Å². The Morgan fingerprint density at radius 1 is 1.33 bits per heavy atom. The summed E-state index contributed by atoms with van der Waals surface area (Å²) in [5, 5.41) is 2.78. The zero-order valence-electron chi connectivity index (χ0n) is 10.4. The molecule has 0 amide bonds. The van der Waals surface area contributed by atoms with Crippen molar-refractivity contribution >= 4 is 11.7 Å². The lowest BCUT2D eigenvalue weighted by atomic mass is 10.1. The molecule has 0 fully saturated rings. The van der Waals surface area contributed by atoms with E-state index in [0.717, 1.165) is 13.2 Å². The zero-order chi connectivity index (χ0) is 13.7. The molecule has 4 nitrogen and oxygen atoms in total. The van der Waals surface area contributed by atoms with Gasteiger partial charge in [0, 0.05) is 19.2 Å². The van der Waals surface area contributed by atoms with Gasteiger partial charge < -0.3 is 14.8 Å². The molecule has 1 atom stereocenters. The van der Waals surface area contributed by atoms with Gasteiger partial charge in [0.15, 0.2) is 0 Å². The molecule has 0 saturated carbocycles. The fraction of sp³-hybridized carbons (Fsp3) is 0.417. The first-order chi connectivity index (χ1) is 8.49. The number of carbonyl (C=O) groups is 1. The van der Waals surface area contributed by atoms with Gasteiger partial charge in [-0.3, -0.25) is 0 Å². The first kappa shape index (κ1) is 14.4. The maximum Gasteiger partial charge on any atom is 0.340 e. The number of hydrogen-bond acceptors (Lipinski definition) is 4. The number of esters is 1. The molecule has 0 saturated heterocycles. The summed E-state index contributed by atoms with van der Waals surface area (Å²) in [5.41, 5.74) is -0.285. The smallest absolute Gasteiger partial charge is 0.340 e. The van der Waals surface area contributed by atoms with Crippen LogP contribution in [0.15, 0.2) is 12.1 Å². The summed E-state index contributed by atoms with van der Waals surface area (Å²) in [4.78, 5) is 11.3. The average molecular weight is 259 g/mol. The van der Waals surface area contributed by atoms with Gasteiger partial charge in [-0.15, -0.1) is 0 Å². The largest absolute Gasteiger partial charge is 0.465 e. The number of hydrogen-bond donors (Lipinski definition) is 1. The first-order valence-corrected chi connectivity index (χ1v) is 5.32. The van der Waals surface area contributed by atoms with E-state index >= 15 is 0 Å². The van der Waals surface area contributed by atoms with Crippen molar-refractivity contribution in [3.63, 3.8) is 0 Å². The summed E-state index contributed by atoms with van der Waals surface area (Å²) in [6.07, 6.45) is 0. The number of benzene rings is 1. The Balaban J connectivity index is 3.01. The molecule has 18 heavy (non-hydrogen) atoms. The molecule has 0 spiro atoms. The number of methoxy groups -OCH3 is 2. The second-order valence-corrected chi connectivity index (χ2v) is 3.80. The van der Waals surface area contributed by atoms with Crippen LogP contribution >= 0.6 is 0 Å². The number of anilines is 1. The molecule has 0 aliphatic rings. The van der Waals surface area contributed by atoms with Crippen LogP contribution in [0.2, 0.25) is 0 Å². The van der Waals surface area contributed by atoms with E-state index in [1.54, 1.807) is 6.92 Å². The molecule has 0 heterocycles. The van der Waals surface area contributed by atoms with Crippen molar-refractivity contribution in [1.29, 1.82) is 0 Å². The van der Waals surface area contributed by atoms with Gasteiger partial charge in [-0.2, -0.15) is 0 Å². The Kier molecular flexibility index (Phi) is 5.03. The molecule has 0 bridgehead atoms. The number of rotatable bonds is 5. The van der Waals surface area contributed by atoms with Crippen molar-refractivity contribution in [2.45, 2.75) is 13.0 Å². The molecule has 6 heteroatoms. The lowest BCUT2D eigenvalue weighted by molar-refractivity contribution is 0.0595. The monoisotopic (exact) mass is 259 g/mol. The SMILES string of the molecule is COCC(C)Nc1cc(C(=O)OC)c(F)cc1F. The summed E-state index contributed by atoms with van der Waals surface area (Å²) >= 11 is 0. The van der Waals surface area contributed by atoms with Crippen molar-refractivity contribution in [2.24, 2.45) is 0 Å². The van der Waals surface area contributed by atoms with Gasteiger partial charge in [0.05, 0.1) is 25.0 Å². The standard InChI is InChI=1S/C12H15F2NO3/c1-7(6-17-2)15-11-4-8(12(16)18-3)9(13)5-10(11)14/h4-5,7,15H,6H2,1-3H3. The quantitative estimate of drug-likeness (QED) is 0.823. The molecule has 1 unspecified atom stereocenters. The molecular formula is C12H15F2NO3. The third kappa shape index (κ3) is 3.40. The van der Waals surface area contributed by atoms with Crippen molar-refractivity contribution in [3.05, 3.63) is 29.3 Å². The number of nitrogens with one attached hydrogen (secondary N) is 1. The molecule has 0 aliphatic heterocycles. The molecule has 1 rings (SSSR count). The Morgan fingerprint density at radius 3 is 2.56 bits per heavy atom. The third-order valence-corrected chi connectivity index (χ3v) is 2.28. The van der Waals surface area contributed by atoms with Crippen LogP contribution in [0, 0.1) is 11.6 Å². The van der Waals surface area contributed by atoms with Gasteiger partial charge in [0.1, 0.15) is 11.6 Å². The van der Waals surface area contributed by atoms with Crippen molar-refractivity contribution in [2.75, 3.05) is 26.1 Å². The molecule has 1 aromatic rings. The summed E-state index contributed by atoms with van der Waals surface area (Å²) in [7, 11) is 2.64. The molecule has 100 valence electrons. The maximum absolute atomic E-state index is 13.5. The van der Waals surface area contributed by atoms with Gasteiger partial charge in [-0.05, 0) is 13.0 Å². The van der Waals surface area contributed by atoms with Gasteiger partial charge in [-0.25, -0.2) is 13.6 Å². The highest BCUT2D eigenvalue weighted by atomic mass is 19.1. The van der Waals surface area contributed by atoms with Crippen LogP contribution in [-0.2, 0) is 9.47 Å². The van der Waals surface area contributed by atoms with Crippen LogP contribution in [0.25, 0.3) is 0 Å². The lowest BCUT2D eigenvalue weighted by Gasteiger charge is -2.15. The normalized spacial score (nSPS) is 12.1. The van der Waals surface area contributed by atoms with Crippen LogP contribution in [0.1, 0.15) is 17.3 Å². The Hall–Kier alpha value is -1.69. The summed E-state index contributed by atoms with van der Waals surface area (Å²) < 4.78 is 36.2.